The molecule has 2 aromatic carbocycles. The number of ketones is 1. The van der Waals surface area contributed by atoms with Crippen molar-refractivity contribution in [2.45, 2.75) is 50.4 Å². The molecule has 2 N–H and O–H groups in total. The summed E-state index contributed by atoms with van der Waals surface area (Å²) in [5.41, 5.74) is 2.81. The predicted molar refractivity (Wildman–Crippen MR) is 108 cm³/mol. The van der Waals surface area contributed by atoms with Crippen molar-refractivity contribution >= 4 is 17.4 Å². The van der Waals surface area contributed by atoms with Gasteiger partial charge in [0, 0.05) is 30.1 Å². The lowest BCUT2D eigenvalue weighted by Crippen LogP contribution is -2.47. The standard InChI is InChI=1S/C23H26N2O3/c1-15(24-2)17-7-5-6-16(12-17)10-11-19-13-18(26)14-23(28-19)20-8-3-4-9-21(20)25-22(23)27/h3-9,12,15,19,24H,10-11,13-14H2,1-2H3,(H,25,27). The number of aryl methyl sites for hydroxylation is 1. The van der Waals surface area contributed by atoms with Gasteiger partial charge < -0.3 is 15.4 Å². The number of Topliss-reactive ketones (excluding diaryl/α,β-unsaturated/α-hetero) is 1. The van der Waals surface area contributed by atoms with Crippen molar-refractivity contribution in [2.75, 3.05) is 12.4 Å². The molecule has 5 heteroatoms. The Morgan fingerprint density at radius 2 is 2.04 bits per heavy atom. The molecule has 146 valence electrons. The lowest BCUT2D eigenvalue weighted by atomic mass is 9.84. The summed E-state index contributed by atoms with van der Waals surface area (Å²) >= 11 is 0. The van der Waals surface area contributed by atoms with Crippen LogP contribution in [0, 0.1) is 0 Å². The summed E-state index contributed by atoms with van der Waals surface area (Å²) in [5, 5.41) is 6.13. The number of para-hydroxylation sites is 1. The molecule has 1 fully saturated rings. The average Bonchev–Trinajstić information content (AvgIpc) is 2.96. The van der Waals surface area contributed by atoms with E-state index in [1.807, 2.05) is 31.3 Å². The maximum Gasteiger partial charge on any atom is 0.261 e. The number of rotatable bonds is 5. The molecule has 3 unspecified atom stereocenters. The summed E-state index contributed by atoms with van der Waals surface area (Å²) in [4.78, 5) is 25.2. The van der Waals surface area contributed by atoms with Crippen LogP contribution in [0.5, 0.6) is 0 Å². The van der Waals surface area contributed by atoms with Gasteiger partial charge >= 0.3 is 0 Å². The highest BCUT2D eigenvalue weighted by Gasteiger charge is 2.53. The molecule has 1 saturated heterocycles. The molecule has 1 amide bonds. The maximum absolute atomic E-state index is 12.7. The molecule has 0 bridgehead atoms. The zero-order chi connectivity index (χ0) is 19.7. The van der Waals surface area contributed by atoms with Crippen molar-refractivity contribution in [2.24, 2.45) is 0 Å². The first kappa shape index (κ1) is 18.8. The SMILES string of the molecule is CNC(C)c1cccc(CCC2CC(=O)CC3(O2)C(=O)Nc2ccccc23)c1. The summed E-state index contributed by atoms with van der Waals surface area (Å²) < 4.78 is 6.32. The molecular formula is C23H26N2O3. The predicted octanol–water partition coefficient (Wildman–Crippen LogP) is 3.50. The number of carbonyl (C=O) groups excluding carboxylic acids is 2. The third kappa shape index (κ3) is 3.36. The van der Waals surface area contributed by atoms with Gasteiger partial charge in [-0.3, -0.25) is 9.59 Å². The lowest BCUT2D eigenvalue weighted by Gasteiger charge is -2.36. The molecule has 0 aromatic heterocycles. The number of benzene rings is 2. The number of ether oxygens (including phenoxy) is 1. The van der Waals surface area contributed by atoms with E-state index in [1.165, 1.54) is 11.1 Å². The third-order valence-corrected chi connectivity index (χ3v) is 5.89. The first-order valence-electron chi connectivity index (χ1n) is 9.88. The maximum atomic E-state index is 12.7. The number of fused-ring (bicyclic) bond motifs is 2. The zero-order valence-corrected chi connectivity index (χ0v) is 16.3. The molecule has 28 heavy (non-hydrogen) atoms. The number of carbonyl (C=O) groups is 2. The highest BCUT2D eigenvalue weighted by atomic mass is 16.5. The van der Waals surface area contributed by atoms with E-state index in [4.69, 9.17) is 4.74 Å². The highest BCUT2D eigenvalue weighted by Crippen LogP contribution is 2.45. The average molecular weight is 378 g/mol. The van der Waals surface area contributed by atoms with Crippen LogP contribution in [-0.4, -0.2) is 24.8 Å². The Labute approximate surface area is 165 Å². The fraction of sp³-hybridized carbons (Fsp3) is 0.391. The minimum Gasteiger partial charge on any atom is -0.356 e. The zero-order valence-electron chi connectivity index (χ0n) is 16.3. The molecule has 3 atom stereocenters. The molecule has 2 aromatic rings. The number of nitrogens with one attached hydrogen (secondary N) is 2. The minimum atomic E-state index is -1.17. The van der Waals surface area contributed by atoms with Crippen LogP contribution in [0.15, 0.2) is 48.5 Å². The van der Waals surface area contributed by atoms with Crippen molar-refractivity contribution in [1.29, 1.82) is 0 Å². The van der Waals surface area contributed by atoms with Crippen LogP contribution in [0.1, 0.15) is 48.9 Å². The summed E-state index contributed by atoms with van der Waals surface area (Å²) in [6, 6.07) is 16.2. The van der Waals surface area contributed by atoms with E-state index in [-0.39, 0.29) is 30.3 Å². The number of hydrogen-bond acceptors (Lipinski definition) is 4. The van der Waals surface area contributed by atoms with Crippen LogP contribution >= 0.6 is 0 Å². The van der Waals surface area contributed by atoms with Crippen LogP contribution in [0.3, 0.4) is 0 Å². The first-order valence-corrected chi connectivity index (χ1v) is 9.88. The Balaban J connectivity index is 1.51. The van der Waals surface area contributed by atoms with E-state index in [0.29, 0.717) is 12.8 Å². The largest absolute Gasteiger partial charge is 0.356 e. The van der Waals surface area contributed by atoms with Gasteiger partial charge in [0.1, 0.15) is 5.78 Å². The molecule has 2 heterocycles. The quantitative estimate of drug-likeness (QED) is 0.836. The molecule has 5 nitrogen and oxygen atoms in total. The second kappa shape index (κ2) is 7.49. The van der Waals surface area contributed by atoms with Gasteiger partial charge in [0.05, 0.1) is 6.10 Å². The van der Waals surface area contributed by atoms with E-state index in [0.717, 1.165) is 17.7 Å². The molecule has 0 saturated carbocycles. The van der Waals surface area contributed by atoms with Crippen LogP contribution in [0.2, 0.25) is 0 Å². The van der Waals surface area contributed by atoms with E-state index < -0.39 is 5.60 Å². The fourth-order valence-electron chi connectivity index (χ4n) is 4.23. The second-order valence-corrected chi connectivity index (χ2v) is 7.78. The van der Waals surface area contributed by atoms with Crippen molar-refractivity contribution in [3.8, 4) is 0 Å². The van der Waals surface area contributed by atoms with E-state index in [2.05, 4.69) is 41.8 Å². The summed E-state index contributed by atoms with van der Waals surface area (Å²) in [6.45, 7) is 2.13. The summed E-state index contributed by atoms with van der Waals surface area (Å²) in [5.74, 6) is -0.141. The molecule has 0 aliphatic carbocycles. The number of hydrogen-bond donors (Lipinski definition) is 2. The Bertz CT molecular complexity index is 910. The Morgan fingerprint density at radius 3 is 2.86 bits per heavy atom. The lowest BCUT2D eigenvalue weighted by molar-refractivity contribution is -0.170. The van der Waals surface area contributed by atoms with Gasteiger partial charge in [0.2, 0.25) is 0 Å². The normalized spacial score (nSPS) is 24.9. The fourth-order valence-corrected chi connectivity index (χ4v) is 4.23. The monoisotopic (exact) mass is 378 g/mol. The van der Waals surface area contributed by atoms with Gasteiger partial charge in [-0.25, -0.2) is 0 Å². The molecule has 2 aliphatic heterocycles. The van der Waals surface area contributed by atoms with Gasteiger partial charge in [-0.15, -0.1) is 0 Å². The number of amides is 1. The highest BCUT2D eigenvalue weighted by molar-refractivity contribution is 6.07. The summed E-state index contributed by atoms with van der Waals surface area (Å²) in [7, 11) is 1.95. The molecule has 4 rings (SSSR count). The van der Waals surface area contributed by atoms with Gasteiger partial charge in [0.15, 0.2) is 5.60 Å². The Morgan fingerprint density at radius 1 is 1.21 bits per heavy atom. The van der Waals surface area contributed by atoms with Crippen molar-refractivity contribution in [1.82, 2.24) is 5.32 Å². The van der Waals surface area contributed by atoms with Gasteiger partial charge in [-0.05, 0) is 44.0 Å². The van der Waals surface area contributed by atoms with Gasteiger partial charge in [-0.2, -0.15) is 0 Å². The van der Waals surface area contributed by atoms with Crippen molar-refractivity contribution in [3.05, 3.63) is 65.2 Å². The van der Waals surface area contributed by atoms with Gasteiger partial charge in [0.25, 0.3) is 5.91 Å². The number of anilines is 1. The molecule has 1 spiro atoms. The third-order valence-electron chi connectivity index (χ3n) is 5.89. The van der Waals surface area contributed by atoms with Gasteiger partial charge in [-0.1, -0.05) is 42.5 Å². The topological polar surface area (TPSA) is 67.4 Å². The van der Waals surface area contributed by atoms with Crippen LogP contribution in [0.4, 0.5) is 5.69 Å². The second-order valence-electron chi connectivity index (χ2n) is 7.78. The van der Waals surface area contributed by atoms with Crippen molar-refractivity contribution in [3.63, 3.8) is 0 Å². The molecule has 0 radical (unpaired) electrons. The smallest absolute Gasteiger partial charge is 0.261 e. The molecule has 2 aliphatic rings. The summed E-state index contributed by atoms with van der Waals surface area (Å²) in [6.07, 6.45) is 1.73. The Kier molecular flexibility index (Phi) is 5.04. The van der Waals surface area contributed by atoms with E-state index in [9.17, 15) is 9.59 Å². The minimum absolute atomic E-state index is 0.0839. The van der Waals surface area contributed by atoms with Crippen LogP contribution < -0.4 is 10.6 Å². The van der Waals surface area contributed by atoms with E-state index in [1.54, 1.807) is 0 Å². The van der Waals surface area contributed by atoms with Crippen molar-refractivity contribution < 1.29 is 14.3 Å². The van der Waals surface area contributed by atoms with E-state index >= 15 is 0 Å². The van der Waals surface area contributed by atoms with Crippen LogP contribution in [0.25, 0.3) is 0 Å². The first-order chi connectivity index (χ1) is 13.5. The Hall–Kier alpha value is -2.50. The molecular weight excluding hydrogens is 352 g/mol. The van der Waals surface area contributed by atoms with Crippen LogP contribution in [-0.2, 0) is 26.3 Å².